The predicted molar refractivity (Wildman–Crippen MR) is 130 cm³/mol. The van der Waals surface area contributed by atoms with Crippen molar-refractivity contribution in [3.8, 4) is 11.1 Å². The number of alkyl halides is 6. The summed E-state index contributed by atoms with van der Waals surface area (Å²) in [6.45, 7) is 4.18. The van der Waals surface area contributed by atoms with Crippen LogP contribution in [0.15, 0.2) is 48.7 Å². The van der Waals surface area contributed by atoms with E-state index in [9.17, 15) is 35.5 Å². The number of hydrogen-bond acceptors (Lipinski definition) is 2. The average molecular weight is 624 g/mol. The van der Waals surface area contributed by atoms with Crippen LogP contribution < -0.4 is 4.90 Å². The second-order valence-electron chi connectivity index (χ2n) is 8.77. The first-order valence-electron chi connectivity index (χ1n) is 10.4. The summed E-state index contributed by atoms with van der Waals surface area (Å²) >= 11 is 1.95. The summed E-state index contributed by atoms with van der Waals surface area (Å²) in [6.07, 6.45) is -8.72. The molecule has 0 bridgehead atoms. The fourth-order valence-electron chi connectivity index (χ4n) is 3.80. The Morgan fingerprint density at radius 2 is 1.39 bits per heavy atom. The van der Waals surface area contributed by atoms with Crippen LogP contribution in [0.2, 0.25) is 0 Å². The maximum absolute atomic E-state index is 13.7. The maximum atomic E-state index is 13.7. The third kappa shape index (κ3) is 5.65. The van der Waals surface area contributed by atoms with Gasteiger partial charge >= 0.3 is 12.4 Å². The van der Waals surface area contributed by atoms with E-state index in [-0.39, 0.29) is 11.8 Å². The molecule has 0 saturated heterocycles. The van der Waals surface area contributed by atoms with Gasteiger partial charge in [0.25, 0.3) is 0 Å². The SMILES string of the molecule is Cc1cc(F)ccc1-c1cc(I)ncc1N(C)C(=O)C(C)(C)c1cc(C(F)(F)F)cc(C(F)(F)F)c1. The number of carbonyl (C=O) groups excluding carboxylic acids is 1. The highest BCUT2D eigenvalue weighted by Crippen LogP contribution is 2.41. The minimum atomic E-state index is -5.05. The molecule has 0 saturated carbocycles. The van der Waals surface area contributed by atoms with Crippen LogP contribution in [0.1, 0.15) is 36.1 Å². The van der Waals surface area contributed by atoms with E-state index in [1.165, 1.54) is 45.3 Å². The normalized spacial score (nSPS) is 12.6. The van der Waals surface area contributed by atoms with Crippen LogP contribution in [0.5, 0.6) is 0 Å². The van der Waals surface area contributed by atoms with Crippen LogP contribution in [0.25, 0.3) is 11.1 Å². The van der Waals surface area contributed by atoms with Crippen molar-refractivity contribution in [1.82, 2.24) is 4.98 Å². The summed E-state index contributed by atoms with van der Waals surface area (Å²) in [7, 11) is 1.36. The van der Waals surface area contributed by atoms with Gasteiger partial charge in [-0.3, -0.25) is 4.79 Å². The first kappa shape index (κ1) is 27.9. The number of carbonyl (C=O) groups is 1. The molecule has 0 N–H and O–H groups in total. The van der Waals surface area contributed by atoms with Gasteiger partial charge < -0.3 is 4.90 Å². The van der Waals surface area contributed by atoms with E-state index >= 15 is 0 Å². The standard InChI is InChI=1S/C25H20F7IN2O/c1-13-7-17(26)5-6-18(13)19-11-21(33)34-12-20(19)35(4)22(36)23(2,3)14-8-15(24(27,28)29)10-16(9-14)25(30,31)32/h5-12H,1-4H3. The molecular formula is C25H20F7IN2O. The molecule has 0 radical (unpaired) electrons. The number of nitrogens with zero attached hydrogens (tertiary/aromatic N) is 2. The molecule has 0 aliphatic heterocycles. The Balaban J connectivity index is 2.14. The van der Waals surface area contributed by atoms with Gasteiger partial charge in [-0.2, -0.15) is 26.3 Å². The first-order valence-corrected chi connectivity index (χ1v) is 11.5. The second kappa shape index (κ2) is 9.64. The van der Waals surface area contributed by atoms with Crippen LogP contribution >= 0.6 is 22.6 Å². The Labute approximate surface area is 216 Å². The highest BCUT2D eigenvalue weighted by atomic mass is 127. The molecule has 36 heavy (non-hydrogen) atoms. The van der Waals surface area contributed by atoms with Crippen molar-refractivity contribution >= 4 is 34.2 Å². The zero-order valence-electron chi connectivity index (χ0n) is 19.4. The van der Waals surface area contributed by atoms with Crippen LogP contribution in [0, 0.1) is 16.4 Å². The van der Waals surface area contributed by atoms with Gasteiger partial charge in [0.15, 0.2) is 0 Å². The summed E-state index contributed by atoms with van der Waals surface area (Å²) in [5.74, 6) is -1.23. The van der Waals surface area contributed by atoms with Gasteiger partial charge in [0.1, 0.15) is 9.52 Å². The second-order valence-corrected chi connectivity index (χ2v) is 9.87. The highest BCUT2D eigenvalue weighted by molar-refractivity contribution is 14.1. The van der Waals surface area contributed by atoms with Gasteiger partial charge in [-0.25, -0.2) is 9.37 Å². The van der Waals surface area contributed by atoms with Gasteiger partial charge in [0.05, 0.1) is 28.4 Å². The number of pyridine rings is 1. The van der Waals surface area contributed by atoms with Gasteiger partial charge in [0.2, 0.25) is 5.91 Å². The Morgan fingerprint density at radius 3 is 1.89 bits per heavy atom. The third-order valence-corrected chi connectivity index (χ3v) is 6.43. The van der Waals surface area contributed by atoms with Crippen molar-refractivity contribution in [3.05, 3.63) is 80.4 Å². The largest absolute Gasteiger partial charge is 0.416 e. The number of hydrogen-bond donors (Lipinski definition) is 0. The summed E-state index contributed by atoms with van der Waals surface area (Å²) < 4.78 is 94.6. The average Bonchev–Trinajstić information content (AvgIpc) is 2.76. The Kier molecular flexibility index (Phi) is 7.46. The number of benzene rings is 2. The van der Waals surface area contributed by atoms with Gasteiger partial charge in [0, 0.05) is 12.6 Å². The van der Waals surface area contributed by atoms with E-state index in [1.54, 1.807) is 13.0 Å². The summed E-state index contributed by atoms with van der Waals surface area (Å²) in [5.41, 5.74) is -3.34. The zero-order valence-corrected chi connectivity index (χ0v) is 21.6. The summed E-state index contributed by atoms with van der Waals surface area (Å²) in [6, 6.07) is 6.85. The summed E-state index contributed by atoms with van der Waals surface area (Å²) in [4.78, 5) is 18.9. The third-order valence-electron chi connectivity index (χ3n) is 5.84. The number of aromatic nitrogens is 1. The lowest BCUT2D eigenvalue weighted by Gasteiger charge is -2.32. The van der Waals surface area contributed by atoms with Gasteiger partial charge in [-0.05, 0) is 96.5 Å². The molecule has 3 nitrogen and oxygen atoms in total. The van der Waals surface area contributed by atoms with E-state index in [1.807, 2.05) is 22.6 Å². The zero-order chi connectivity index (χ0) is 27.2. The fraction of sp³-hybridized carbons (Fsp3) is 0.280. The lowest BCUT2D eigenvalue weighted by molar-refractivity contribution is -0.143. The lowest BCUT2D eigenvalue weighted by Crippen LogP contribution is -2.42. The number of halogens is 8. The fourth-order valence-corrected chi connectivity index (χ4v) is 4.25. The molecule has 1 aromatic heterocycles. The minimum absolute atomic E-state index is 0.0201. The molecule has 1 heterocycles. The maximum Gasteiger partial charge on any atom is 0.416 e. The molecule has 1 amide bonds. The van der Waals surface area contributed by atoms with Crippen LogP contribution in [0.4, 0.5) is 36.4 Å². The van der Waals surface area contributed by atoms with E-state index in [0.29, 0.717) is 32.5 Å². The molecule has 0 aliphatic rings. The van der Waals surface area contributed by atoms with Crippen molar-refractivity contribution in [2.24, 2.45) is 0 Å². The molecule has 0 unspecified atom stereocenters. The van der Waals surface area contributed by atoms with E-state index in [0.717, 1.165) is 4.90 Å². The summed E-state index contributed by atoms with van der Waals surface area (Å²) in [5, 5.41) is 0. The number of rotatable bonds is 4. The minimum Gasteiger partial charge on any atom is -0.313 e. The molecule has 192 valence electrons. The Bertz CT molecular complexity index is 1280. The van der Waals surface area contributed by atoms with Crippen molar-refractivity contribution in [2.45, 2.75) is 38.5 Å². The molecule has 0 fully saturated rings. The van der Waals surface area contributed by atoms with Crippen molar-refractivity contribution in [3.63, 3.8) is 0 Å². The smallest absolute Gasteiger partial charge is 0.313 e. The topological polar surface area (TPSA) is 33.2 Å². The molecule has 0 aliphatic carbocycles. The molecule has 0 spiro atoms. The number of anilines is 1. The highest BCUT2D eigenvalue weighted by Gasteiger charge is 2.41. The molecular weight excluding hydrogens is 604 g/mol. The molecule has 3 rings (SSSR count). The molecule has 11 heteroatoms. The first-order chi connectivity index (χ1) is 16.4. The van der Waals surface area contributed by atoms with E-state index < -0.39 is 46.2 Å². The quantitative estimate of drug-likeness (QED) is 0.169. The van der Waals surface area contributed by atoms with Crippen molar-refractivity contribution < 1.29 is 35.5 Å². The van der Waals surface area contributed by atoms with Crippen molar-refractivity contribution in [2.75, 3.05) is 11.9 Å². The lowest BCUT2D eigenvalue weighted by atomic mass is 9.81. The van der Waals surface area contributed by atoms with Gasteiger partial charge in [-0.15, -0.1) is 0 Å². The van der Waals surface area contributed by atoms with E-state index in [2.05, 4.69) is 4.98 Å². The van der Waals surface area contributed by atoms with E-state index in [4.69, 9.17) is 0 Å². The number of amides is 1. The monoisotopic (exact) mass is 624 g/mol. The Hall–Kier alpha value is -2.70. The molecule has 3 aromatic rings. The molecule has 2 aromatic carbocycles. The predicted octanol–water partition coefficient (Wildman–Crippen LogP) is 7.78. The van der Waals surface area contributed by atoms with Crippen molar-refractivity contribution in [1.29, 1.82) is 0 Å². The number of aryl methyl sites for hydroxylation is 1. The van der Waals surface area contributed by atoms with Crippen LogP contribution in [-0.2, 0) is 22.6 Å². The van der Waals surface area contributed by atoms with Crippen LogP contribution in [0.3, 0.4) is 0 Å². The van der Waals surface area contributed by atoms with Gasteiger partial charge in [-0.1, -0.05) is 6.07 Å². The molecule has 0 atom stereocenters. The number of likely N-dealkylation sites (N-methyl/N-ethyl adjacent to an activating group) is 1. The Morgan fingerprint density at radius 1 is 0.861 bits per heavy atom. The van der Waals surface area contributed by atoms with Crippen LogP contribution in [-0.4, -0.2) is 17.9 Å².